The Bertz CT molecular complexity index is 595. The summed E-state index contributed by atoms with van der Waals surface area (Å²) < 4.78 is 65.7. The van der Waals surface area contributed by atoms with Crippen molar-refractivity contribution < 1.29 is 26.7 Å². The summed E-state index contributed by atoms with van der Waals surface area (Å²) in [5.41, 5.74) is 5.32. The van der Waals surface area contributed by atoms with Gasteiger partial charge in [0.15, 0.2) is 12.3 Å². The van der Waals surface area contributed by atoms with Crippen molar-refractivity contribution in [3.63, 3.8) is 0 Å². The fourth-order valence-electron chi connectivity index (χ4n) is 1.18. The van der Waals surface area contributed by atoms with Crippen molar-refractivity contribution >= 4 is 17.0 Å². The zero-order valence-corrected chi connectivity index (χ0v) is 9.00. The summed E-state index contributed by atoms with van der Waals surface area (Å²) in [5, 5.41) is 5.93. The molecule has 11 heteroatoms. The Kier molecular flexibility index (Phi) is 2.91. The van der Waals surface area contributed by atoms with Gasteiger partial charge in [0.2, 0.25) is 11.8 Å². The Hall–Kier alpha value is -2.20. The summed E-state index contributed by atoms with van der Waals surface area (Å²) in [5.74, 6) is -5.84. The molecule has 2 aromatic rings. The number of aromatic amines is 1. The highest BCUT2D eigenvalue weighted by molar-refractivity contribution is 5.80. The van der Waals surface area contributed by atoms with Gasteiger partial charge in [0, 0.05) is 0 Å². The van der Waals surface area contributed by atoms with E-state index in [1.807, 2.05) is 0 Å². The largest absolute Gasteiger partial charge is 0.470 e. The number of alkyl halides is 5. The molecule has 0 radical (unpaired) electrons. The van der Waals surface area contributed by atoms with Gasteiger partial charge in [0.25, 0.3) is 0 Å². The van der Waals surface area contributed by atoms with Crippen molar-refractivity contribution in [3.05, 3.63) is 6.20 Å². The molecule has 2 rings (SSSR count). The lowest BCUT2D eigenvalue weighted by molar-refractivity contribution is -0.290. The average molecular weight is 283 g/mol. The number of anilines is 1. The average Bonchev–Trinajstić information content (AvgIpc) is 2.72. The van der Waals surface area contributed by atoms with Crippen LogP contribution in [0, 0.1) is 0 Å². The van der Waals surface area contributed by atoms with E-state index in [4.69, 9.17) is 5.73 Å². The maximum atomic E-state index is 12.7. The number of H-pyrrole nitrogens is 1. The van der Waals surface area contributed by atoms with Gasteiger partial charge >= 0.3 is 12.1 Å². The minimum absolute atomic E-state index is 0.0483. The minimum atomic E-state index is -5.71. The van der Waals surface area contributed by atoms with E-state index in [0.29, 0.717) is 0 Å². The molecular formula is C8H6F5N5O. The van der Waals surface area contributed by atoms with Gasteiger partial charge < -0.3 is 10.5 Å². The molecule has 0 unspecified atom stereocenters. The molecule has 2 aromatic heterocycles. The lowest BCUT2D eigenvalue weighted by Crippen LogP contribution is -2.41. The van der Waals surface area contributed by atoms with Crippen molar-refractivity contribution in [1.29, 1.82) is 0 Å². The molecule has 0 saturated heterocycles. The third-order valence-electron chi connectivity index (χ3n) is 2.10. The van der Waals surface area contributed by atoms with Gasteiger partial charge in [-0.3, -0.25) is 5.10 Å². The normalized spacial score (nSPS) is 12.9. The molecule has 2 heterocycles. The second-order valence-electron chi connectivity index (χ2n) is 3.51. The Labute approximate surface area is 101 Å². The van der Waals surface area contributed by atoms with Gasteiger partial charge in [-0.2, -0.15) is 37.0 Å². The molecule has 19 heavy (non-hydrogen) atoms. The summed E-state index contributed by atoms with van der Waals surface area (Å²) >= 11 is 0. The number of fused-ring (bicyclic) bond motifs is 1. The monoisotopic (exact) mass is 283 g/mol. The Morgan fingerprint density at radius 1 is 1.21 bits per heavy atom. The molecule has 0 spiro atoms. The van der Waals surface area contributed by atoms with Gasteiger partial charge in [0.1, 0.15) is 5.39 Å². The van der Waals surface area contributed by atoms with Crippen LogP contribution in [0.25, 0.3) is 11.0 Å². The van der Waals surface area contributed by atoms with Crippen molar-refractivity contribution in [1.82, 2.24) is 20.2 Å². The van der Waals surface area contributed by atoms with E-state index in [9.17, 15) is 22.0 Å². The molecule has 0 aliphatic heterocycles. The standard InChI is InChI=1S/C8H6F5N5O/c9-7(10,8(11,12)13)2-19-5-3-1-15-18-4(3)16-6(14)17-5/h1H,2H2,(H3,14,15,16,17,18). The van der Waals surface area contributed by atoms with E-state index in [-0.39, 0.29) is 17.0 Å². The molecule has 0 aliphatic carbocycles. The van der Waals surface area contributed by atoms with E-state index in [0.717, 1.165) is 6.20 Å². The van der Waals surface area contributed by atoms with Gasteiger partial charge in [0.05, 0.1) is 6.20 Å². The van der Waals surface area contributed by atoms with Gasteiger partial charge in [-0.15, -0.1) is 0 Å². The quantitative estimate of drug-likeness (QED) is 0.833. The van der Waals surface area contributed by atoms with E-state index >= 15 is 0 Å². The molecule has 0 aromatic carbocycles. The van der Waals surface area contributed by atoms with Crippen LogP contribution in [0.5, 0.6) is 5.88 Å². The minimum Gasteiger partial charge on any atom is -0.470 e. The van der Waals surface area contributed by atoms with E-state index in [1.165, 1.54) is 0 Å². The lowest BCUT2D eigenvalue weighted by Gasteiger charge is -2.19. The molecule has 0 amide bonds. The van der Waals surface area contributed by atoms with Crippen LogP contribution in [-0.2, 0) is 0 Å². The number of nitrogen functional groups attached to an aromatic ring is 1. The van der Waals surface area contributed by atoms with Gasteiger partial charge in [-0.05, 0) is 0 Å². The number of hydrogen-bond acceptors (Lipinski definition) is 5. The Morgan fingerprint density at radius 2 is 1.89 bits per heavy atom. The number of halogens is 5. The molecular weight excluding hydrogens is 277 g/mol. The molecule has 3 N–H and O–H groups in total. The van der Waals surface area contributed by atoms with Crippen molar-refractivity contribution in [3.8, 4) is 5.88 Å². The summed E-state index contributed by atoms with van der Waals surface area (Å²) in [6, 6.07) is 0. The van der Waals surface area contributed by atoms with Crippen LogP contribution >= 0.6 is 0 Å². The van der Waals surface area contributed by atoms with Crippen molar-refractivity contribution in [2.45, 2.75) is 12.1 Å². The topological polar surface area (TPSA) is 89.7 Å². The van der Waals surface area contributed by atoms with Crippen molar-refractivity contribution in [2.75, 3.05) is 12.3 Å². The lowest BCUT2D eigenvalue weighted by atomic mass is 10.3. The highest BCUT2D eigenvalue weighted by atomic mass is 19.4. The fraction of sp³-hybridized carbons (Fsp3) is 0.375. The van der Waals surface area contributed by atoms with Crippen molar-refractivity contribution in [2.24, 2.45) is 0 Å². The zero-order valence-electron chi connectivity index (χ0n) is 9.00. The fourth-order valence-corrected chi connectivity index (χ4v) is 1.18. The number of hydrogen-bond donors (Lipinski definition) is 2. The van der Waals surface area contributed by atoms with E-state index in [1.54, 1.807) is 0 Å². The number of nitrogens with two attached hydrogens (primary N) is 1. The van der Waals surface area contributed by atoms with Crippen LogP contribution in [0.3, 0.4) is 0 Å². The highest BCUT2D eigenvalue weighted by Gasteiger charge is 2.58. The predicted octanol–water partition coefficient (Wildman–Crippen LogP) is 1.51. The molecule has 0 atom stereocenters. The SMILES string of the molecule is Nc1nc(OCC(F)(F)C(F)(F)F)c2cn[nH]c2n1. The molecule has 0 saturated carbocycles. The maximum Gasteiger partial charge on any atom is 0.456 e. The molecule has 0 bridgehead atoms. The molecule has 104 valence electrons. The Morgan fingerprint density at radius 3 is 2.53 bits per heavy atom. The van der Waals surface area contributed by atoms with Gasteiger partial charge in [-0.25, -0.2) is 0 Å². The summed E-state index contributed by atoms with van der Waals surface area (Å²) in [6.07, 6.45) is -4.59. The summed E-state index contributed by atoms with van der Waals surface area (Å²) in [4.78, 5) is 7.09. The third kappa shape index (κ3) is 2.48. The van der Waals surface area contributed by atoms with Crippen LogP contribution in [-0.4, -0.2) is 38.9 Å². The number of nitrogens with one attached hydrogen (secondary N) is 1. The number of nitrogens with zero attached hydrogens (tertiary/aromatic N) is 3. The van der Waals surface area contributed by atoms with E-state index in [2.05, 4.69) is 24.9 Å². The number of ether oxygens (including phenoxy) is 1. The zero-order chi connectivity index (χ0) is 14.3. The molecule has 0 aliphatic rings. The van der Waals surface area contributed by atoms with Crippen LogP contribution < -0.4 is 10.5 Å². The third-order valence-corrected chi connectivity index (χ3v) is 2.10. The predicted molar refractivity (Wildman–Crippen MR) is 52.6 cm³/mol. The van der Waals surface area contributed by atoms with Crippen LogP contribution in [0.1, 0.15) is 0 Å². The first-order valence-corrected chi connectivity index (χ1v) is 4.74. The van der Waals surface area contributed by atoms with E-state index < -0.39 is 24.6 Å². The first-order valence-electron chi connectivity index (χ1n) is 4.74. The Balaban J connectivity index is 2.25. The summed E-state index contributed by atoms with van der Waals surface area (Å²) in [7, 11) is 0. The smallest absolute Gasteiger partial charge is 0.456 e. The van der Waals surface area contributed by atoms with Crippen LogP contribution in [0.15, 0.2) is 6.20 Å². The second kappa shape index (κ2) is 4.17. The first kappa shape index (κ1) is 13.2. The number of aromatic nitrogens is 4. The van der Waals surface area contributed by atoms with Crippen LogP contribution in [0.4, 0.5) is 27.9 Å². The molecule has 0 fully saturated rings. The molecule has 6 nitrogen and oxygen atoms in total. The van der Waals surface area contributed by atoms with Gasteiger partial charge in [-0.1, -0.05) is 0 Å². The first-order chi connectivity index (χ1) is 8.71. The highest BCUT2D eigenvalue weighted by Crippen LogP contribution is 2.36. The second-order valence-corrected chi connectivity index (χ2v) is 3.51. The summed E-state index contributed by atoms with van der Waals surface area (Å²) in [6.45, 7) is -1.91. The number of rotatable bonds is 3. The van der Waals surface area contributed by atoms with Crippen LogP contribution in [0.2, 0.25) is 0 Å². The maximum absolute atomic E-state index is 12.7.